The van der Waals surface area contributed by atoms with E-state index < -0.39 is 65.7 Å². The number of benzene rings is 2. The summed E-state index contributed by atoms with van der Waals surface area (Å²) in [5, 5.41) is 32.0. The SMILES string of the molecule is COc1ccc2c3c1O[C@@H]1C(OC(=O)[C@@H](O)CC(=O)O[C@H](C(=O)O[C@@H](C)C(=O)O)c4ccccc4)=CC[C@]4(O)[C@@H](CCC[C@@]314)C2. The zero-order valence-electron chi connectivity index (χ0n) is 24.8. The fourth-order valence-corrected chi connectivity index (χ4v) is 7.45. The van der Waals surface area contributed by atoms with Gasteiger partial charge in [0, 0.05) is 11.1 Å². The Balaban J connectivity index is 1.18. The number of aliphatic hydroxyl groups is 2. The van der Waals surface area contributed by atoms with Crippen LogP contribution in [0.25, 0.3) is 0 Å². The number of aliphatic hydroxyl groups excluding tert-OH is 1. The number of carboxylic acids is 1. The van der Waals surface area contributed by atoms with Gasteiger partial charge in [0.15, 0.2) is 29.8 Å². The summed E-state index contributed by atoms with van der Waals surface area (Å²) in [4.78, 5) is 49.9. The van der Waals surface area contributed by atoms with Crippen molar-refractivity contribution >= 4 is 23.9 Å². The Labute approximate surface area is 258 Å². The zero-order chi connectivity index (χ0) is 32.1. The molecule has 0 radical (unpaired) electrons. The van der Waals surface area contributed by atoms with Crippen molar-refractivity contribution in [1.29, 1.82) is 0 Å². The first kappa shape index (κ1) is 30.6. The first-order valence-electron chi connectivity index (χ1n) is 14.9. The fourth-order valence-electron chi connectivity index (χ4n) is 7.45. The molecule has 2 aromatic carbocycles. The number of rotatable bonds is 10. The summed E-state index contributed by atoms with van der Waals surface area (Å²) in [7, 11) is 1.53. The Kier molecular flexibility index (Phi) is 7.82. The molecule has 0 saturated heterocycles. The number of aliphatic carboxylic acids is 1. The average molecular weight is 623 g/mol. The molecule has 6 rings (SSSR count). The van der Waals surface area contributed by atoms with E-state index in [0.717, 1.165) is 30.9 Å². The van der Waals surface area contributed by atoms with E-state index in [-0.39, 0.29) is 23.7 Å². The Bertz CT molecular complexity index is 1570. The van der Waals surface area contributed by atoms with Gasteiger partial charge >= 0.3 is 23.9 Å². The summed E-state index contributed by atoms with van der Waals surface area (Å²) < 4.78 is 27.8. The number of ether oxygens (including phenoxy) is 5. The third-order valence-corrected chi connectivity index (χ3v) is 9.52. The summed E-state index contributed by atoms with van der Waals surface area (Å²) in [6.45, 7) is 1.15. The van der Waals surface area contributed by atoms with Crippen LogP contribution in [0.4, 0.5) is 0 Å². The lowest BCUT2D eigenvalue weighted by atomic mass is 9.47. The highest BCUT2D eigenvalue weighted by molar-refractivity contribution is 5.86. The van der Waals surface area contributed by atoms with Crippen molar-refractivity contribution < 1.29 is 58.2 Å². The summed E-state index contributed by atoms with van der Waals surface area (Å²) in [5.74, 6) is -3.68. The third-order valence-electron chi connectivity index (χ3n) is 9.52. The van der Waals surface area contributed by atoms with E-state index in [1.807, 2.05) is 12.1 Å². The molecule has 45 heavy (non-hydrogen) atoms. The number of methoxy groups -OCH3 is 1. The lowest BCUT2D eigenvalue weighted by Crippen LogP contribution is -2.67. The molecule has 1 aliphatic heterocycles. The molecule has 12 nitrogen and oxygen atoms in total. The molecule has 0 aromatic heterocycles. The predicted molar refractivity (Wildman–Crippen MR) is 153 cm³/mol. The highest BCUT2D eigenvalue weighted by atomic mass is 16.6. The van der Waals surface area contributed by atoms with Crippen molar-refractivity contribution in [2.45, 2.75) is 80.9 Å². The van der Waals surface area contributed by atoms with Crippen molar-refractivity contribution in [1.82, 2.24) is 0 Å². The van der Waals surface area contributed by atoms with E-state index in [4.69, 9.17) is 28.8 Å². The minimum absolute atomic E-state index is 0.0132. The molecule has 3 N–H and O–H groups in total. The third kappa shape index (κ3) is 4.92. The van der Waals surface area contributed by atoms with E-state index in [1.54, 1.807) is 24.3 Å². The zero-order valence-corrected chi connectivity index (χ0v) is 24.8. The molecule has 1 fully saturated rings. The standard InChI is InChI=1S/C33H34O12/c1-17(29(36)37)42-31(39)26(18-7-4-3-5-8-18)44-24(35)16-21(34)30(38)43-23-12-14-33(40)20-9-6-13-32(33)25-19(15-20)10-11-22(41-2)27(25)45-28(23)32/h3-5,7-8,10-12,17,20-21,26,28,34,40H,6,9,13-16H2,1-2H3,(H,36,37)/t17-,20-,21-,26-,28+,32+,33-/m0/s1. The predicted octanol–water partition coefficient (Wildman–Crippen LogP) is 2.66. The Hall–Kier alpha value is -4.42. The van der Waals surface area contributed by atoms with Gasteiger partial charge in [0.2, 0.25) is 6.10 Å². The Morgan fingerprint density at radius 2 is 1.82 bits per heavy atom. The molecule has 238 valence electrons. The maximum atomic E-state index is 13.1. The number of esters is 3. The van der Waals surface area contributed by atoms with Crippen molar-refractivity contribution in [2.75, 3.05) is 7.11 Å². The molecule has 1 heterocycles. The van der Waals surface area contributed by atoms with Crippen LogP contribution in [-0.2, 0) is 45.2 Å². The van der Waals surface area contributed by atoms with Gasteiger partial charge in [-0.1, -0.05) is 42.8 Å². The highest BCUT2D eigenvalue weighted by Gasteiger charge is 2.71. The van der Waals surface area contributed by atoms with Crippen LogP contribution in [0.1, 0.15) is 61.8 Å². The van der Waals surface area contributed by atoms with Gasteiger partial charge in [-0.25, -0.2) is 14.4 Å². The Morgan fingerprint density at radius 3 is 2.53 bits per heavy atom. The van der Waals surface area contributed by atoms with Gasteiger partial charge in [-0.3, -0.25) is 4.79 Å². The first-order valence-corrected chi connectivity index (χ1v) is 14.9. The number of hydrogen-bond acceptors (Lipinski definition) is 11. The van der Waals surface area contributed by atoms with E-state index >= 15 is 0 Å². The van der Waals surface area contributed by atoms with Gasteiger partial charge < -0.3 is 39.0 Å². The number of hydrogen-bond donors (Lipinski definition) is 3. The topological polar surface area (TPSA) is 175 Å². The molecule has 2 aromatic rings. The minimum atomic E-state index is -1.97. The molecule has 0 unspecified atom stereocenters. The van der Waals surface area contributed by atoms with Crippen molar-refractivity contribution in [3.8, 4) is 11.5 Å². The van der Waals surface area contributed by atoms with Crippen LogP contribution in [0.2, 0.25) is 0 Å². The molecule has 12 heteroatoms. The van der Waals surface area contributed by atoms with Crippen LogP contribution in [-0.4, -0.2) is 70.2 Å². The largest absolute Gasteiger partial charge is 0.493 e. The van der Waals surface area contributed by atoms with E-state index in [0.29, 0.717) is 24.3 Å². The average Bonchev–Trinajstić information content (AvgIpc) is 3.36. The van der Waals surface area contributed by atoms with Gasteiger partial charge in [-0.15, -0.1) is 0 Å². The van der Waals surface area contributed by atoms with Gasteiger partial charge in [0.25, 0.3) is 0 Å². The molecule has 1 spiro atoms. The summed E-state index contributed by atoms with van der Waals surface area (Å²) in [6.07, 6.45) is -2.04. The molecule has 0 amide bonds. The second kappa shape index (κ2) is 11.5. The van der Waals surface area contributed by atoms with Gasteiger partial charge in [-0.2, -0.15) is 0 Å². The van der Waals surface area contributed by atoms with Crippen LogP contribution < -0.4 is 9.47 Å². The number of carbonyl (C=O) groups is 4. The van der Waals surface area contributed by atoms with Gasteiger partial charge in [0.1, 0.15) is 5.76 Å². The van der Waals surface area contributed by atoms with E-state index in [1.165, 1.54) is 19.2 Å². The first-order chi connectivity index (χ1) is 21.5. The van der Waals surface area contributed by atoms with Gasteiger partial charge in [-0.05, 0) is 56.2 Å². The molecule has 4 aliphatic rings. The monoisotopic (exact) mass is 622 g/mol. The minimum Gasteiger partial charge on any atom is -0.493 e. The van der Waals surface area contributed by atoms with Crippen LogP contribution in [0, 0.1) is 5.92 Å². The van der Waals surface area contributed by atoms with Crippen molar-refractivity contribution in [2.24, 2.45) is 5.92 Å². The normalized spacial score (nSPS) is 27.4. The van der Waals surface area contributed by atoms with Crippen LogP contribution >= 0.6 is 0 Å². The molecular formula is C33H34O12. The van der Waals surface area contributed by atoms with Crippen molar-refractivity contribution in [3.63, 3.8) is 0 Å². The number of carbonyl (C=O) groups excluding carboxylic acids is 3. The lowest BCUT2D eigenvalue weighted by molar-refractivity contribution is -0.178. The fraction of sp³-hybridized carbons (Fsp3) is 0.455. The summed E-state index contributed by atoms with van der Waals surface area (Å²) in [5.41, 5.74) is 0.126. The highest BCUT2D eigenvalue weighted by Crippen LogP contribution is 2.67. The molecule has 2 bridgehead atoms. The second-order valence-corrected chi connectivity index (χ2v) is 12.0. The van der Waals surface area contributed by atoms with Crippen LogP contribution in [0.5, 0.6) is 11.5 Å². The van der Waals surface area contributed by atoms with Crippen LogP contribution in [0.15, 0.2) is 54.3 Å². The maximum absolute atomic E-state index is 13.1. The summed E-state index contributed by atoms with van der Waals surface area (Å²) in [6, 6.07) is 11.6. The van der Waals surface area contributed by atoms with Gasteiger partial charge in [0.05, 0.1) is 24.5 Å². The van der Waals surface area contributed by atoms with E-state index in [9.17, 15) is 29.4 Å². The maximum Gasteiger partial charge on any atom is 0.353 e. The molecule has 1 saturated carbocycles. The van der Waals surface area contributed by atoms with Crippen molar-refractivity contribution in [3.05, 3.63) is 71.0 Å². The molecular weight excluding hydrogens is 588 g/mol. The second-order valence-electron chi connectivity index (χ2n) is 12.0. The lowest BCUT2D eigenvalue weighted by Gasteiger charge is -2.59. The quantitative estimate of drug-likeness (QED) is 0.261. The summed E-state index contributed by atoms with van der Waals surface area (Å²) >= 11 is 0. The van der Waals surface area contributed by atoms with Crippen LogP contribution in [0.3, 0.4) is 0 Å². The smallest absolute Gasteiger partial charge is 0.353 e. The molecule has 7 atom stereocenters. The Morgan fingerprint density at radius 1 is 1.07 bits per heavy atom. The van der Waals surface area contributed by atoms with E-state index in [2.05, 4.69) is 0 Å². The molecule has 3 aliphatic carbocycles. The number of carboxylic acid groups (broad SMARTS) is 1.